The zero-order valence-electron chi connectivity index (χ0n) is 15.9. The number of hydrogen-bond donors (Lipinski definition) is 1. The van der Waals surface area contributed by atoms with E-state index in [9.17, 15) is 19.2 Å². The molecule has 2 aromatic rings. The number of nitrogens with one attached hydrogen (secondary N) is 1. The lowest BCUT2D eigenvalue weighted by atomic mass is 10.2. The number of carbonyl (C=O) groups excluding carboxylic acids is 4. The van der Waals surface area contributed by atoms with E-state index in [1.54, 1.807) is 24.0 Å². The summed E-state index contributed by atoms with van der Waals surface area (Å²) in [5.41, 5.74) is 0.747. The average Bonchev–Trinajstić information content (AvgIpc) is 3.28. The molecule has 3 rings (SSSR count). The van der Waals surface area contributed by atoms with E-state index >= 15 is 0 Å². The molecule has 0 saturated carbocycles. The SMILES string of the molecule is CCOC(=O)c1ccc(NC(=O)C(=O)N2CCN(C(=O)c3ccco3)CC2)cc1. The van der Waals surface area contributed by atoms with Crippen molar-refractivity contribution in [3.8, 4) is 0 Å². The van der Waals surface area contributed by atoms with Crippen LogP contribution in [0.25, 0.3) is 0 Å². The van der Waals surface area contributed by atoms with Crippen molar-refractivity contribution in [2.45, 2.75) is 6.92 Å². The predicted octanol–water partition coefficient (Wildman–Crippen LogP) is 1.38. The highest BCUT2D eigenvalue weighted by Gasteiger charge is 2.29. The molecule has 1 aromatic heterocycles. The molecule has 29 heavy (non-hydrogen) atoms. The summed E-state index contributed by atoms with van der Waals surface area (Å²) in [6.45, 7) is 3.11. The summed E-state index contributed by atoms with van der Waals surface area (Å²) in [6, 6.07) is 9.29. The van der Waals surface area contributed by atoms with Crippen molar-refractivity contribution >= 4 is 29.4 Å². The largest absolute Gasteiger partial charge is 0.462 e. The van der Waals surface area contributed by atoms with Crippen LogP contribution in [0, 0.1) is 0 Å². The number of esters is 1. The summed E-state index contributed by atoms with van der Waals surface area (Å²) in [5.74, 6) is -1.91. The predicted molar refractivity (Wildman–Crippen MR) is 102 cm³/mol. The third-order valence-electron chi connectivity index (χ3n) is 4.43. The molecule has 152 valence electrons. The molecule has 0 unspecified atom stereocenters. The van der Waals surface area contributed by atoms with Crippen LogP contribution in [0.4, 0.5) is 5.69 Å². The average molecular weight is 399 g/mol. The molecule has 0 aliphatic carbocycles. The van der Waals surface area contributed by atoms with Crippen LogP contribution in [0.2, 0.25) is 0 Å². The Morgan fingerprint density at radius 1 is 1.00 bits per heavy atom. The van der Waals surface area contributed by atoms with Crippen LogP contribution in [-0.4, -0.2) is 66.3 Å². The second kappa shape index (κ2) is 9.05. The van der Waals surface area contributed by atoms with E-state index < -0.39 is 17.8 Å². The first-order valence-electron chi connectivity index (χ1n) is 9.20. The molecule has 1 fully saturated rings. The summed E-state index contributed by atoms with van der Waals surface area (Å²) in [4.78, 5) is 51.5. The molecule has 1 aliphatic rings. The summed E-state index contributed by atoms with van der Waals surface area (Å²) in [6.07, 6.45) is 1.43. The lowest BCUT2D eigenvalue weighted by molar-refractivity contribution is -0.144. The van der Waals surface area contributed by atoms with E-state index in [-0.39, 0.29) is 31.4 Å². The fraction of sp³-hybridized carbons (Fsp3) is 0.300. The van der Waals surface area contributed by atoms with Crippen molar-refractivity contribution in [2.24, 2.45) is 0 Å². The van der Waals surface area contributed by atoms with Crippen LogP contribution < -0.4 is 5.32 Å². The van der Waals surface area contributed by atoms with Crippen molar-refractivity contribution < 1.29 is 28.3 Å². The smallest absolute Gasteiger partial charge is 0.338 e. The molecule has 1 aromatic carbocycles. The quantitative estimate of drug-likeness (QED) is 0.615. The molecular weight excluding hydrogens is 378 g/mol. The summed E-state index contributed by atoms with van der Waals surface area (Å²) in [7, 11) is 0. The lowest BCUT2D eigenvalue weighted by Gasteiger charge is -2.33. The Labute approximate surface area is 167 Å². The van der Waals surface area contributed by atoms with Gasteiger partial charge in [0.25, 0.3) is 5.91 Å². The van der Waals surface area contributed by atoms with Gasteiger partial charge in [0.15, 0.2) is 5.76 Å². The highest BCUT2D eigenvalue weighted by Crippen LogP contribution is 2.13. The standard InChI is InChI=1S/C20H21N3O6/c1-2-28-20(27)14-5-7-15(8-6-14)21-17(24)19(26)23-11-9-22(10-12-23)18(25)16-4-3-13-29-16/h3-8,13H,2,9-12H2,1H3,(H,21,24). The fourth-order valence-corrected chi connectivity index (χ4v) is 2.90. The molecule has 3 amide bonds. The number of anilines is 1. The maximum absolute atomic E-state index is 12.4. The first kappa shape index (κ1) is 20.1. The Morgan fingerprint density at radius 3 is 2.24 bits per heavy atom. The Balaban J connectivity index is 1.51. The van der Waals surface area contributed by atoms with Gasteiger partial charge in [-0.1, -0.05) is 0 Å². The van der Waals surface area contributed by atoms with Crippen LogP contribution in [0.1, 0.15) is 27.8 Å². The zero-order valence-corrected chi connectivity index (χ0v) is 15.9. The molecule has 0 atom stereocenters. The summed E-state index contributed by atoms with van der Waals surface area (Å²) < 4.78 is 9.99. The van der Waals surface area contributed by atoms with Gasteiger partial charge in [0.05, 0.1) is 18.4 Å². The van der Waals surface area contributed by atoms with Gasteiger partial charge in [-0.15, -0.1) is 0 Å². The number of benzene rings is 1. The minimum Gasteiger partial charge on any atom is -0.462 e. The van der Waals surface area contributed by atoms with Crippen molar-refractivity contribution in [1.82, 2.24) is 9.80 Å². The number of nitrogens with zero attached hydrogens (tertiary/aromatic N) is 2. The number of piperazine rings is 1. The van der Waals surface area contributed by atoms with E-state index in [1.165, 1.54) is 35.4 Å². The van der Waals surface area contributed by atoms with Gasteiger partial charge >= 0.3 is 17.8 Å². The molecule has 0 bridgehead atoms. The molecule has 9 nitrogen and oxygen atoms in total. The van der Waals surface area contributed by atoms with Crippen molar-refractivity contribution in [2.75, 3.05) is 38.1 Å². The fourth-order valence-electron chi connectivity index (χ4n) is 2.90. The topological polar surface area (TPSA) is 109 Å². The molecule has 1 aliphatic heterocycles. The molecule has 0 spiro atoms. The van der Waals surface area contributed by atoms with Gasteiger partial charge in [-0.25, -0.2) is 4.79 Å². The van der Waals surface area contributed by atoms with Crippen molar-refractivity contribution in [3.05, 3.63) is 54.0 Å². The van der Waals surface area contributed by atoms with E-state index in [0.29, 0.717) is 24.3 Å². The molecule has 0 radical (unpaired) electrons. The van der Waals surface area contributed by atoms with Gasteiger partial charge in [0.2, 0.25) is 0 Å². The zero-order chi connectivity index (χ0) is 20.8. The number of ether oxygens (including phenoxy) is 1. The number of amides is 3. The maximum atomic E-state index is 12.4. The Hall–Kier alpha value is -3.62. The number of furan rings is 1. The van der Waals surface area contributed by atoms with E-state index in [0.717, 1.165) is 0 Å². The maximum Gasteiger partial charge on any atom is 0.338 e. The lowest BCUT2D eigenvalue weighted by Crippen LogP contribution is -2.52. The van der Waals surface area contributed by atoms with Crippen molar-refractivity contribution in [1.29, 1.82) is 0 Å². The van der Waals surface area contributed by atoms with E-state index in [1.807, 2.05) is 0 Å². The van der Waals surface area contributed by atoms with Crippen molar-refractivity contribution in [3.63, 3.8) is 0 Å². The normalized spacial score (nSPS) is 13.7. The third-order valence-corrected chi connectivity index (χ3v) is 4.43. The third kappa shape index (κ3) is 4.81. The Morgan fingerprint density at radius 2 is 1.66 bits per heavy atom. The molecule has 1 N–H and O–H groups in total. The molecule has 1 saturated heterocycles. The number of carbonyl (C=O) groups is 4. The van der Waals surface area contributed by atoms with Gasteiger partial charge in [-0.05, 0) is 43.3 Å². The number of hydrogen-bond acceptors (Lipinski definition) is 6. The molecule has 2 heterocycles. The Bertz CT molecular complexity index is 883. The summed E-state index contributed by atoms with van der Waals surface area (Å²) in [5, 5.41) is 2.52. The van der Waals surface area contributed by atoms with Gasteiger partial charge in [0, 0.05) is 31.9 Å². The first-order valence-corrected chi connectivity index (χ1v) is 9.20. The Kier molecular flexibility index (Phi) is 6.28. The number of rotatable bonds is 4. The highest BCUT2D eigenvalue weighted by atomic mass is 16.5. The van der Waals surface area contributed by atoms with Crippen LogP contribution in [-0.2, 0) is 14.3 Å². The van der Waals surface area contributed by atoms with Gasteiger partial charge in [0.1, 0.15) is 0 Å². The highest BCUT2D eigenvalue weighted by molar-refractivity contribution is 6.39. The monoisotopic (exact) mass is 399 g/mol. The van der Waals surface area contributed by atoms with Crippen LogP contribution in [0.5, 0.6) is 0 Å². The molecular formula is C20H21N3O6. The van der Waals surface area contributed by atoms with Gasteiger partial charge in [-0.2, -0.15) is 0 Å². The van der Waals surface area contributed by atoms with Gasteiger partial charge < -0.3 is 24.3 Å². The molecule has 9 heteroatoms. The second-order valence-electron chi connectivity index (χ2n) is 6.31. The van der Waals surface area contributed by atoms with Gasteiger partial charge in [-0.3, -0.25) is 14.4 Å². The second-order valence-corrected chi connectivity index (χ2v) is 6.31. The summed E-state index contributed by atoms with van der Waals surface area (Å²) >= 11 is 0. The van der Waals surface area contributed by atoms with Crippen LogP contribution in [0.3, 0.4) is 0 Å². The first-order chi connectivity index (χ1) is 14.0. The van der Waals surface area contributed by atoms with E-state index in [2.05, 4.69) is 5.32 Å². The van der Waals surface area contributed by atoms with Crippen LogP contribution >= 0.6 is 0 Å². The van der Waals surface area contributed by atoms with E-state index in [4.69, 9.17) is 9.15 Å². The minimum atomic E-state index is -0.778. The van der Waals surface area contributed by atoms with Crippen LogP contribution in [0.15, 0.2) is 47.1 Å². The minimum absolute atomic E-state index is 0.242.